The van der Waals surface area contributed by atoms with Gasteiger partial charge in [0, 0.05) is 30.6 Å². The minimum atomic E-state index is -0.466. The fraction of sp³-hybridized carbons (Fsp3) is 0.391. The zero-order chi connectivity index (χ0) is 21.8. The van der Waals surface area contributed by atoms with Crippen molar-refractivity contribution in [3.05, 3.63) is 54.4 Å². The average Bonchev–Trinajstić information content (AvgIpc) is 3.39. The highest BCUT2D eigenvalue weighted by atomic mass is 16.2. The molecule has 31 heavy (non-hydrogen) atoms. The van der Waals surface area contributed by atoms with Gasteiger partial charge in [-0.1, -0.05) is 24.3 Å². The van der Waals surface area contributed by atoms with Crippen LogP contribution in [0.2, 0.25) is 0 Å². The average molecular weight is 420 g/mol. The van der Waals surface area contributed by atoms with Crippen LogP contribution in [0.25, 0.3) is 5.70 Å². The maximum Gasteiger partial charge on any atom is 0.238 e. The Bertz CT molecular complexity index is 992. The van der Waals surface area contributed by atoms with Gasteiger partial charge in [0.25, 0.3) is 0 Å². The Hall–Kier alpha value is -3.26. The van der Waals surface area contributed by atoms with Gasteiger partial charge in [0.05, 0.1) is 11.4 Å². The summed E-state index contributed by atoms with van der Waals surface area (Å²) in [5.74, 6) is 0.408. The van der Waals surface area contributed by atoms with Gasteiger partial charge in [-0.25, -0.2) is 9.69 Å². The second-order valence-electron chi connectivity index (χ2n) is 8.00. The lowest BCUT2D eigenvalue weighted by atomic mass is 9.95. The molecule has 0 saturated carbocycles. The van der Waals surface area contributed by atoms with E-state index in [0.717, 1.165) is 42.9 Å². The van der Waals surface area contributed by atoms with Crippen LogP contribution in [0.3, 0.4) is 0 Å². The molecule has 0 aromatic carbocycles. The zero-order valence-electron chi connectivity index (χ0n) is 18.0. The molecule has 2 unspecified atom stereocenters. The molecule has 0 bridgehead atoms. The molecular formula is C23H29N7O. The van der Waals surface area contributed by atoms with Crippen LogP contribution in [0.5, 0.6) is 0 Å². The lowest BCUT2D eigenvalue weighted by molar-refractivity contribution is -0.118. The monoisotopic (exact) mass is 419 g/mol. The molecule has 8 heteroatoms. The van der Waals surface area contributed by atoms with Crippen LogP contribution in [-0.2, 0) is 4.79 Å². The van der Waals surface area contributed by atoms with Crippen LogP contribution < -0.4 is 10.6 Å². The van der Waals surface area contributed by atoms with Crippen LogP contribution in [0.15, 0.2) is 58.8 Å². The second-order valence-corrected chi connectivity index (χ2v) is 8.00. The van der Waals surface area contributed by atoms with Gasteiger partial charge in [-0.3, -0.25) is 9.79 Å². The molecule has 4 rings (SSSR count). The normalized spacial score (nSPS) is 23.5. The first-order chi connectivity index (χ1) is 15.1. The summed E-state index contributed by atoms with van der Waals surface area (Å²) in [5, 5.41) is 17.3. The van der Waals surface area contributed by atoms with E-state index >= 15 is 0 Å². The minimum absolute atomic E-state index is 0.152. The first-order valence-electron chi connectivity index (χ1n) is 10.7. The summed E-state index contributed by atoms with van der Waals surface area (Å²) in [6.07, 6.45) is 14.6. The van der Waals surface area contributed by atoms with Gasteiger partial charge < -0.3 is 10.6 Å². The fourth-order valence-corrected chi connectivity index (χ4v) is 3.94. The number of nitrogens with one attached hydrogen (secondary N) is 2. The molecular weight excluding hydrogens is 390 g/mol. The van der Waals surface area contributed by atoms with Crippen molar-refractivity contribution < 1.29 is 4.79 Å². The molecule has 1 saturated heterocycles. The molecule has 4 heterocycles. The van der Waals surface area contributed by atoms with Gasteiger partial charge in [0.2, 0.25) is 5.91 Å². The highest BCUT2D eigenvalue weighted by molar-refractivity contribution is 6.03. The Morgan fingerprint density at radius 1 is 1.32 bits per heavy atom. The van der Waals surface area contributed by atoms with Crippen molar-refractivity contribution in [3.63, 3.8) is 0 Å². The van der Waals surface area contributed by atoms with E-state index in [4.69, 9.17) is 5.10 Å². The van der Waals surface area contributed by atoms with Crippen LogP contribution in [0.1, 0.15) is 38.3 Å². The van der Waals surface area contributed by atoms with Crippen molar-refractivity contribution in [2.24, 2.45) is 16.0 Å². The number of fused-ring (bicyclic) bond motifs is 1. The molecule has 0 aliphatic carbocycles. The number of hydrogen-bond acceptors (Lipinski definition) is 6. The summed E-state index contributed by atoms with van der Waals surface area (Å²) in [7, 11) is 0. The molecule has 0 radical (unpaired) electrons. The smallest absolute Gasteiger partial charge is 0.238 e. The lowest BCUT2D eigenvalue weighted by Gasteiger charge is -2.22. The van der Waals surface area contributed by atoms with Crippen LogP contribution in [0.4, 0.5) is 5.82 Å². The van der Waals surface area contributed by atoms with E-state index in [1.165, 1.54) is 0 Å². The summed E-state index contributed by atoms with van der Waals surface area (Å²) in [4.78, 5) is 17.6. The topological polar surface area (TPSA) is 86.9 Å². The predicted octanol–water partition coefficient (Wildman–Crippen LogP) is 3.12. The van der Waals surface area contributed by atoms with Crippen molar-refractivity contribution in [2.45, 2.75) is 38.8 Å². The van der Waals surface area contributed by atoms with Gasteiger partial charge >= 0.3 is 0 Å². The number of carbonyl (C=O) groups excluding carboxylic acids is 1. The number of piperidine rings is 1. The number of hydrazone groups is 1. The summed E-state index contributed by atoms with van der Waals surface area (Å²) >= 11 is 0. The van der Waals surface area contributed by atoms with E-state index < -0.39 is 5.92 Å². The first-order valence-corrected chi connectivity index (χ1v) is 10.7. The molecule has 3 aliphatic rings. The van der Waals surface area contributed by atoms with Gasteiger partial charge in [0.15, 0.2) is 6.17 Å². The van der Waals surface area contributed by atoms with Crippen molar-refractivity contribution in [3.8, 4) is 0 Å². The van der Waals surface area contributed by atoms with Crippen molar-refractivity contribution in [1.82, 2.24) is 20.1 Å². The van der Waals surface area contributed by atoms with Gasteiger partial charge in [0.1, 0.15) is 11.7 Å². The lowest BCUT2D eigenvalue weighted by Crippen LogP contribution is -2.36. The SMILES string of the molecule is C=C(C)C=CC(=CC)n1nc(C2CCNCC2)cc1NC(=O)C1C=NN2C=CC=NC12. The Kier molecular flexibility index (Phi) is 6.27. The van der Waals surface area contributed by atoms with Gasteiger partial charge in [-0.15, -0.1) is 0 Å². The van der Waals surface area contributed by atoms with Crippen molar-refractivity contribution in [1.29, 1.82) is 0 Å². The standard InChI is InChI=1S/C23H29N7O/c1-4-18(7-6-16(2)3)30-21(14-20(28-30)17-8-11-24-12-9-17)27-23(31)19-15-26-29-13-5-10-25-22(19)29/h4-7,10,13-15,17,19,22,24H,2,8-9,11-12H2,1,3H3,(H,27,31). The van der Waals surface area contributed by atoms with Crippen molar-refractivity contribution in [2.75, 3.05) is 18.4 Å². The number of amides is 1. The number of allylic oxidation sites excluding steroid dienone is 6. The summed E-state index contributed by atoms with van der Waals surface area (Å²) in [6, 6.07) is 2.00. The molecule has 8 nitrogen and oxygen atoms in total. The van der Waals surface area contributed by atoms with E-state index in [9.17, 15) is 4.79 Å². The third kappa shape index (κ3) is 4.59. The van der Waals surface area contributed by atoms with E-state index in [1.54, 1.807) is 23.5 Å². The van der Waals surface area contributed by atoms with Crippen LogP contribution in [0, 0.1) is 5.92 Å². The molecule has 2 atom stereocenters. The molecule has 1 aromatic rings. The molecule has 1 aromatic heterocycles. The number of rotatable bonds is 6. The van der Waals surface area contributed by atoms with E-state index in [0.29, 0.717) is 11.7 Å². The molecule has 3 aliphatic heterocycles. The van der Waals surface area contributed by atoms with Gasteiger partial charge in [-0.2, -0.15) is 10.2 Å². The van der Waals surface area contributed by atoms with E-state index in [-0.39, 0.29) is 12.1 Å². The first kappa shape index (κ1) is 21.0. The zero-order valence-corrected chi connectivity index (χ0v) is 18.0. The largest absolute Gasteiger partial charge is 0.317 e. The third-order valence-electron chi connectivity index (χ3n) is 5.64. The summed E-state index contributed by atoms with van der Waals surface area (Å²) < 4.78 is 1.81. The maximum absolute atomic E-state index is 13.2. The Labute approximate surface area is 182 Å². The number of anilines is 1. The number of nitrogens with zero attached hydrogens (tertiary/aromatic N) is 5. The minimum Gasteiger partial charge on any atom is -0.317 e. The second kappa shape index (κ2) is 9.26. The number of hydrogen-bond donors (Lipinski definition) is 2. The fourth-order valence-electron chi connectivity index (χ4n) is 3.94. The molecule has 1 fully saturated rings. The highest BCUT2D eigenvalue weighted by Gasteiger charge is 2.36. The number of carbonyl (C=O) groups is 1. The maximum atomic E-state index is 13.2. The van der Waals surface area contributed by atoms with E-state index in [2.05, 4.69) is 27.3 Å². The molecule has 2 N–H and O–H groups in total. The summed E-state index contributed by atoms with van der Waals surface area (Å²) in [6.45, 7) is 9.80. The van der Waals surface area contributed by atoms with Gasteiger partial charge in [-0.05, 0) is 51.9 Å². The van der Waals surface area contributed by atoms with E-state index in [1.807, 2.05) is 49.0 Å². The highest BCUT2D eigenvalue weighted by Crippen LogP contribution is 2.29. The van der Waals surface area contributed by atoms with Crippen LogP contribution in [-0.4, -0.2) is 52.4 Å². The van der Waals surface area contributed by atoms with Crippen LogP contribution >= 0.6 is 0 Å². The summed E-state index contributed by atoms with van der Waals surface area (Å²) in [5.41, 5.74) is 2.82. The predicted molar refractivity (Wildman–Crippen MR) is 125 cm³/mol. The Balaban J connectivity index is 1.61. The van der Waals surface area contributed by atoms with Crippen molar-refractivity contribution >= 4 is 29.9 Å². The quantitative estimate of drug-likeness (QED) is 0.694. The molecule has 1 amide bonds. The Morgan fingerprint density at radius 2 is 2.13 bits per heavy atom. The Morgan fingerprint density at radius 3 is 2.87 bits per heavy atom. The number of aliphatic imine (C=N–C) groups is 1. The molecule has 0 spiro atoms. The number of aromatic nitrogens is 2. The third-order valence-corrected chi connectivity index (χ3v) is 5.64. The molecule has 162 valence electrons.